The molecule has 1 aromatic carbocycles. The molecule has 0 unspecified atom stereocenters. The zero-order chi connectivity index (χ0) is 10.7. The fourth-order valence-electron chi connectivity index (χ4n) is 1.66. The summed E-state index contributed by atoms with van der Waals surface area (Å²) in [5.41, 5.74) is 2.38. The van der Waals surface area contributed by atoms with Crippen LogP contribution in [0, 0.1) is 5.92 Å². The molecule has 1 nitrogen and oxygen atoms in total. The minimum Gasteiger partial charge on any atom is -0.396 e. The smallest absolute Gasteiger partial charge is 0.0496 e. The zero-order valence-corrected chi connectivity index (χ0v) is 9.11. The molecule has 1 aromatic rings. The monoisotopic (exact) mass is 220 g/mol. The van der Waals surface area contributed by atoms with Crippen LogP contribution in [0.3, 0.4) is 0 Å². The molecule has 78 valence electrons. The van der Waals surface area contributed by atoms with Crippen molar-refractivity contribution in [3.05, 3.63) is 53.1 Å². The molecule has 0 heterocycles. The van der Waals surface area contributed by atoms with Gasteiger partial charge in [0, 0.05) is 17.5 Å². The maximum absolute atomic E-state index is 8.99. The molecule has 0 aromatic heterocycles. The SMILES string of the molecule is OC[C@H]1C=CC(c2ccc(Cl)cc2)=CC1. The lowest BCUT2D eigenvalue weighted by atomic mass is 9.94. The Kier molecular flexibility index (Phi) is 3.24. The first kappa shape index (κ1) is 10.5. The Morgan fingerprint density at radius 3 is 2.53 bits per heavy atom. The molecule has 0 radical (unpaired) electrons. The molecule has 1 aliphatic carbocycles. The molecule has 0 spiro atoms. The van der Waals surface area contributed by atoms with Crippen molar-refractivity contribution in [1.82, 2.24) is 0 Å². The summed E-state index contributed by atoms with van der Waals surface area (Å²) in [4.78, 5) is 0. The summed E-state index contributed by atoms with van der Waals surface area (Å²) in [5.74, 6) is 0.279. The lowest BCUT2D eigenvalue weighted by molar-refractivity contribution is 0.253. The minimum absolute atomic E-state index is 0.223. The van der Waals surface area contributed by atoms with Crippen molar-refractivity contribution in [3.63, 3.8) is 0 Å². The second-order valence-corrected chi connectivity index (χ2v) is 4.14. The number of aliphatic hydroxyl groups excluding tert-OH is 1. The largest absolute Gasteiger partial charge is 0.396 e. The van der Waals surface area contributed by atoms with Gasteiger partial charge in [0.1, 0.15) is 0 Å². The third-order valence-electron chi connectivity index (χ3n) is 2.60. The molecule has 1 atom stereocenters. The summed E-state index contributed by atoms with van der Waals surface area (Å²) in [5, 5.41) is 9.74. The van der Waals surface area contributed by atoms with Gasteiger partial charge in [-0.3, -0.25) is 0 Å². The fourth-order valence-corrected chi connectivity index (χ4v) is 1.78. The Morgan fingerprint density at radius 2 is 2.00 bits per heavy atom. The standard InChI is InChI=1S/C13H13ClO/c14-13-7-5-12(6-8-13)11-3-1-10(9-15)2-4-11/h1,3-8,10,15H,2,9H2/t10-/m0/s1. The first-order chi connectivity index (χ1) is 7.29. The Balaban J connectivity index is 2.17. The summed E-state index contributed by atoms with van der Waals surface area (Å²) < 4.78 is 0. The van der Waals surface area contributed by atoms with Gasteiger partial charge in [-0.25, -0.2) is 0 Å². The van der Waals surface area contributed by atoms with E-state index in [-0.39, 0.29) is 12.5 Å². The van der Waals surface area contributed by atoms with E-state index in [1.54, 1.807) is 0 Å². The van der Waals surface area contributed by atoms with Crippen LogP contribution in [0.1, 0.15) is 12.0 Å². The molecule has 0 saturated heterocycles. The van der Waals surface area contributed by atoms with Crippen molar-refractivity contribution in [1.29, 1.82) is 0 Å². The van der Waals surface area contributed by atoms with E-state index in [0.29, 0.717) is 0 Å². The summed E-state index contributed by atoms with van der Waals surface area (Å²) >= 11 is 5.83. The highest BCUT2D eigenvalue weighted by Gasteiger charge is 2.08. The third kappa shape index (κ3) is 2.49. The Bertz CT molecular complexity index is 390. The molecule has 0 saturated carbocycles. The van der Waals surface area contributed by atoms with E-state index in [2.05, 4.69) is 18.2 Å². The van der Waals surface area contributed by atoms with Gasteiger partial charge in [0.2, 0.25) is 0 Å². The van der Waals surface area contributed by atoms with E-state index >= 15 is 0 Å². The molecule has 15 heavy (non-hydrogen) atoms. The van der Waals surface area contributed by atoms with Crippen molar-refractivity contribution >= 4 is 17.2 Å². The molecule has 2 rings (SSSR count). The number of halogens is 1. The highest BCUT2D eigenvalue weighted by atomic mass is 35.5. The van der Waals surface area contributed by atoms with Crippen LogP contribution in [-0.4, -0.2) is 11.7 Å². The number of hydrogen-bond donors (Lipinski definition) is 1. The molecule has 1 aliphatic rings. The number of aliphatic hydroxyl groups is 1. The first-order valence-corrected chi connectivity index (χ1v) is 5.42. The van der Waals surface area contributed by atoms with Crippen LogP contribution in [0.2, 0.25) is 5.02 Å². The zero-order valence-electron chi connectivity index (χ0n) is 8.36. The van der Waals surface area contributed by atoms with E-state index in [1.165, 1.54) is 11.1 Å². The summed E-state index contributed by atoms with van der Waals surface area (Å²) in [6, 6.07) is 7.81. The highest BCUT2D eigenvalue weighted by molar-refractivity contribution is 6.30. The van der Waals surface area contributed by atoms with Crippen LogP contribution < -0.4 is 0 Å². The molecular formula is C13H13ClO. The highest BCUT2D eigenvalue weighted by Crippen LogP contribution is 2.24. The Labute approximate surface area is 94.7 Å². The molecular weight excluding hydrogens is 208 g/mol. The fraction of sp³-hybridized carbons (Fsp3) is 0.231. The van der Waals surface area contributed by atoms with Crippen LogP contribution in [0.5, 0.6) is 0 Å². The normalized spacial score (nSPS) is 20.1. The Morgan fingerprint density at radius 1 is 1.27 bits per heavy atom. The van der Waals surface area contributed by atoms with Crippen LogP contribution in [0.15, 0.2) is 42.5 Å². The van der Waals surface area contributed by atoms with Gasteiger partial charge in [-0.2, -0.15) is 0 Å². The van der Waals surface area contributed by atoms with E-state index in [4.69, 9.17) is 16.7 Å². The van der Waals surface area contributed by atoms with Crippen molar-refractivity contribution in [3.8, 4) is 0 Å². The van der Waals surface area contributed by atoms with Crippen molar-refractivity contribution in [2.45, 2.75) is 6.42 Å². The molecule has 2 heteroatoms. The van der Waals surface area contributed by atoms with E-state index in [0.717, 1.165) is 11.4 Å². The predicted octanol–water partition coefficient (Wildman–Crippen LogP) is 3.29. The van der Waals surface area contributed by atoms with Crippen LogP contribution in [0.25, 0.3) is 5.57 Å². The quantitative estimate of drug-likeness (QED) is 0.811. The topological polar surface area (TPSA) is 20.2 Å². The number of rotatable bonds is 2. The molecule has 0 bridgehead atoms. The average Bonchev–Trinajstić information content (AvgIpc) is 2.30. The van der Waals surface area contributed by atoms with Crippen molar-refractivity contribution < 1.29 is 5.11 Å². The summed E-state index contributed by atoms with van der Waals surface area (Å²) in [6.07, 6.45) is 7.19. The van der Waals surface area contributed by atoms with E-state index in [1.807, 2.05) is 24.3 Å². The number of hydrogen-bond acceptors (Lipinski definition) is 1. The lowest BCUT2D eigenvalue weighted by Gasteiger charge is -2.13. The maximum atomic E-state index is 8.99. The van der Waals surface area contributed by atoms with Gasteiger partial charge in [0.25, 0.3) is 0 Å². The number of benzene rings is 1. The number of allylic oxidation sites excluding steroid dienone is 3. The molecule has 0 aliphatic heterocycles. The molecule has 0 amide bonds. The van der Waals surface area contributed by atoms with Gasteiger partial charge in [-0.15, -0.1) is 0 Å². The summed E-state index contributed by atoms with van der Waals surface area (Å²) in [6.45, 7) is 0.223. The third-order valence-corrected chi connectivity index (χ3v) is 2.85. The van der Waals surface area contributed by atoms with Crippen molar-refractivity contribution in [2.75, 3.05) is 6.61 Å². The van der Waals surface area contributed by atoms with Crippen LogP contribution >= 0.6 is 11.6 Å². The molecule has 0 fully saturated rings. The van der Waals surface area contributed by atoms with Crippen LogP contribution in [-0.2, 0) is 0 Å². The van der Waals surface area contributed by atoms with Gasteiger partial charge in [0.05, 0.1) is 0 Å². The van der Waals surface area contributed by atoms with Gasteiger partial charge >= 0.3 is 0 Å². The van der Waals surface area contributed by atoms with Crippen LogP contribution in [0.4, 0.5) is 0 Å². The van der Waals surface area contributed by atoms with Gasteiger partial charge in [-0.05, 0) is 29.7 Å². The average molecular weight is 221 g/mol. The van der Waals surface area contributed by atoms with Gasteiger partial charge in [-0.1, -0.05) is 42.0 Å². The van der Waals surface area contributed by atoms with E-state index < -0.39 is 0 Å². The van der Waals surface area contributed by atoms with E-state index in [9.17, 15) is 0 Å². The van der Waals surface area contributed by atoms with Gasteiger partial charge in [0.15, 0.2) is 0 Å². The maximum Gasteiger partial charge on any atom is 0.0496 e. The second kappa shape index (κ2) is 4.65. The summed E-state index contributed by atoms with van der Waals surface area (Å²) in [7, 11) is 0. The molecule has 1 N–H and O–H groups in total. The second-order valence-electron chi connectivity index (χ2n) is 3.70. The first-order valence-electron chi connectivity index (χ1n) is 5.05. The Hall–Kier alpha value is -1.05. The minimum atomic E-state index is 0.223. The van der Waals surface area contributed by atoms with Crippen molar-refractivity contribution in [2.24, 2.45) is 5.92 Å². The lowest BCUT2D eigenvalue weighted by Crippen LogP contribution is -2.04. The predicted molar refractivity (Wildman–Crippen MR) is 63.8 cm³/mol. The van der Waals surface area contributed by atoms with Gasteiger partial charge < -0.3 is 5.11 Å².